The molecule has 2 aromatic carbocycles. The summed E-state index contributed by atoms with van der Waals surface area (Å²) in [4.78, 5) is 30.7. The van der Waals surface area contributed by atoms with E-state index in [1.165, 1.54) is 0 Å². The first-order valence-corrected chi connectivity index (χ1v) is 12.0. The maximum atomic E-state index is 13.5. The van der Waals surface area contributed by atoms with Gasteiger partial charge in [0.05, 0.1) is 17.7 Å². The highest BCUT2D eigenvalue weighted by atomic mass is 35.5. The zero-order chi connectivity index (χ0) is 23.5. The third-order valence-corrected chi connectivity index (χ3v) is 7.30. The van der Waals surface area contributed by atoms with Crippen molar-refractivity contribution in [2.45, 2.75) is 24.8 Å². The summed E-state index contributed by atoms with van der Waals surface area (Å²) in [6, 6.07) is 12.6. The summed E-state index contributed by atoms with van der Waals surface area (Å²) in [7, 11) is 3.71. The average Bonchev–Trinajstić information content (AvgIpc) is 3.22. The Morgan fingerprint density at radius 1 is 1.00 bits per heavy atom. The molecule has 1 aliphatic heterocycles. The Kier molecular flexibility index (Phi) is 7.47. The summed E-state index contributed by atoms with van der Waals surface area (Å²) in [6.07, 6.45) is 1.28. The second-order valence-corrected chi connectivity index (χ2v) is 9.72. The first-order chi connectivity index (χ1) is 15.9. The van der Waals surface area contributed by atoms with Crippen LogP contribution in [0.25, 0.3) is 0 Å². The summed E-state index contributed by atoms with van der Waals surface area (Å²) in [6.45, 7) is 3.22. The molecule has 0 aromatic heterocycles. The summed E-state index contributed by atoms with van der Waals surface area (Å²) in [5.74, 6) is 0.538. The molecule has 0 unspecified atom stereocenters. The topological polar surface area (TPSA) is 61.9 Å². The number of rotatable bonds is 5. The van der Waals surface area contributed by atoms with Gasteiger partial charge in [0.15, 0.2) is 0 Å². The quantitative estimate of drug-likeness (QED) is 0.687. The van der Waals surface area contributed by atoms with Crippen LogP contribution in [0.2, 0.25) is 10.0 Å². The van der Waals surface area contributed by atoms with Gasteiger partial charge in [-0.1, -0.05) is 35.3 Å². The number of piperazine rings is 1. The van der Waals surface area contributed by atoms with Crippen LogP contribution in [0.3, 0.4) is 0 Å². The lowest BCUT2D eigenvalue weighted by Gasteiger charge is -2.35. The zero-order valence-corrected chi connectivity index (χ0v) is 20.4. The molecular formula is C25H29Cl2N3O3. The van der Waals surface area contributed by atoms with Crippen LogP contribution in [0.4, 0.5) is 0 Å². The summed E-state index contributed by atoms with van der Waals surface area (Å²) in [5, 5.41) is 3.90. The minimum atomic E-state index is -0.247. The van der Waals surface area contributed by atoms with E-state index in [-0.39, 0.29) is 29.7 Å². The predicted octanol–water partition coefficient (Wildman–Crippen LogP) is 4.07. The van der Waals surface area contributed by atoms with E-state index in [1.807, 2.05) is 29.2 Å². The van der Waals surface area contributed by atoms with E-state index in [0.29, 0.717) is 28.5 Å². The lowest BCUT2D eigenvalue weighted by Crippen LogP contribution is -2.49. The predicted molar refractivity (Wildman–Crippen MR) is 130 cm³/mol. The summed E-state index contributed by atoms with van der Waals surface area (Å²) >= 11 is 12.2. The molecule has 2 amide bonds. The Hall–Kier alpha value is -2.28. The molecule has 6 nitrogen and oxygen atoms in total. The second-order valence-electron chi connectivity index (χ2n) is 8.88. The first kappa shape index (κ1) is 23.9. The van der Waals surface area contributed by atoms with Gasteiger partial charge in [-0.15, -0.1) is 0 Å². The number of carbonyl (C=O) groups is 2. The molecule has 1 heterocycles. The standard InChI is InChI=1S/C25H29Cl2N3O3/c1-29-9-11-30(12-10-29)25(32)22-15-18(14-21(22)16-3-6-19(33-2)7-4-16)28-24(31)20-8-5-17(26)13-23(20)27/h3-8,13,18,21-22H,9-12,14-15H2,1-2H3,(H,28,31)/t18-,21+,22-/m0/s1. The Morgan fingerprint density at radius 2 is 1.70 bits per heavy atom. The van der Waals surface area contributed by atoms with Gasteiger partial charge in [0.2, 0.25) is 5.91 Å². The van der Waals surface area contributed by atoms with Crippen LogP contribution in [-0.4, -0.2) is 68.0 Å². The van der Waals surface area contributed by atoms with Crippen LogP contribution in [0, 0.1) is 5.92 Å². The van der Waals surface area contributed by atoms with Crippen LogP contribution in [0.5, 0.6) is 5.75 Å². The summed E-state index contributed by atoms with van der Waals surface area (Å²) in [5.41, 5.74) is 1.47. The molecule has 1 N–H and O–H groups in total. The van der Waals surface area contributed by atoms with Gasteiger partial charge in [-0.2, -0.15) is 0 Å². The summed E-state index contributed by atoms with van der Waals surface area (Å²) < 4.78 is 5.29. The van der Waals surface area contributed by atoms with Gasteiger partial charge in [0.25, 0.3) is 5.91 Å². The van der Waals surface area contributed by atoms with Crippen LogP contribution >= 0.6 is 23.2 Å². The van der Waals surface area contributed by atoms with Crippen molar-refractivity contribution in [3.05, 3.63) is 63.6 Å². The van der Waals surface area contributed by atoms with E-state index in [4.69, 9.17) is 27.9 Å². The third kappa shape index (κ3) is 5.45. The fourth-order valence-corrected chi connectivity index (χ4v) is 5.34. The van der Waals surface area contributed by atoms with Gasteiger partial charge in [0, 0.05) is 43.2 Å². The highest BCUT2D eigenvalue weighted by Crippen LogP contribution is 2.41. The molecule has 4 rings (SSSR count). The molecule has 1 saturated carbocycles. The lowest BCUT2D eigenvalue weighted by molar-refractivity contribution is -0.137. The molecule has 2 aliphatic rings. The number of benzene rings is 2. The molecule has 2 aromatic rings. The van der Waals surface area contributed by atoms with Gasteiger partial charge in [0.1, 0.15) is 5.75 Å². The Labute approximate surface area is 204 Å². The minimum Gasteiger partial charge on any atom is -0.497 e. The number of nitrogens with zero attached hydrogens (tertiary/aromatic N) is 2. The number of carbonyl (C=O) groups excluding carboxylic acids is 2. The van der Waals surface area contributed by atoms with Crippen molar-refractivity contribution in [1.82, 2.24) is 15.1 Å². The van der Waals surface area contributed by atoms with Gasteiger partial charge < -0.3 is 19.9 Å². The van der Waals surface area contributed by atoms with Crippen LogP contribution in [0.15, 0.2) is 42.5 Å². The highest BCUT2D eigenvalue weighted by Gasteiger charge is 2.42. The molecule has 0 bridgehead atoms. The van der Waals surface area contributed by atoms with Crippen molar-refractivity contribution in [3.8, 4) is 5.75 Å². The molecule has 176 valence electrons. The van der Waals surface area contributed by atoms with E-state index in [9.17, 15) is 9.59 Å². The Bertz CT molecular complexity index is 1010. The number of methoxy groups -OCH3 is 1. The van der Waals surface area contributed by atoms with E-state index >= 15 is 0 Å². The second kappa shape index (κ2) is 10.3. The average molecular weight is 490 g/mol. The fraction of sp³-hybridized carbons (Fsp3) is 0.440. The van der Waals surface area contributed by atoms with Crippen molar-refractivity contribution in [2.75, 3.05) is 40.3 Å². The first-order valence-electron chi connectivity index (χ1n) is 11.2. The SMILES string of the molecule is COc1ccc([C@H]2C[C@H](NC(=O)c3ccc(Cl)cc3Cl)C[C@@H]2C(=O)N2CCN(C)CC2)cc1. The highest BCUT2D eigenvalue weighted by molar-refractivity contribution is 6.36. The maximum Gasteiger partial charge on any atom is 0.253 e. The molecule has 3 atom stereocenters. The number of hydrogen-bond donors (Lipinski definition) is 1. The van der Waals surface area contributed by atoms with Crippen molar-refractivity contribution in [3.63, 3.8) is 0 Å². The number of amides is 2. The number of halogens is 2. The van der Waals surface area contributed by atoms with Gasteiger partial charge in [-0.05, 0) is 61.7 Å². The van der Waals surface area contributed by atoms with Gasteiger partial charge >= 0.3 is 0 Å². The molecule has 0 radical (unpaired) electrons. The van der Waals surface area contributed by atoms with Crippen molar-refractivity contribution in [1.29, 1.82) is 0 Å². The number of hydrogen-bond acceptors (Lipinski definition) is 4. The molecule has 1 aliphatic carbocycles. The largest absolute Gasteiger partial charge is 0.497 e. The maximum absolute atomic E-state index is 13.5. The molecular weight excluding hydrogens is 461 g/mol. The number of likely N-dealkylation sites (N-methyl/N-ethyl adjacent to an activating group) is 1. The smallest absolute Gasteiger partial charge is 0.253 e. The van der Waals surface area contributed by atoms with Gasteiger partial charge in [-0.25, -0.2) is 0 Å². The molecule has 8 heteroatoms. The number of ether oxygens (including phenoxy) is 1. The van der Waals surface area contributed by atoms with Crippen molar-refractivity contribution < 1.29 is 14.3 Å². The van der Waals surface area contributed by atoms with Crippen molar-refractivity contribution >= 4 is 35.0 Å². The number of nitrogens with one attached hydrogen (secondary N) is 1. The van der Waals surface area contributed by atoms with E-state index < -0.39 is 0 Å². The Morgan fingerprint density at radius 3 is 2.33 bits per heavy atom. The Balaban J connectivity index is 1.53. The zero-order valence-electron chi connectivity index (χ0n) is 18.9. The molecule has 33 heavy (non-hydrogen) atoms. The monoisotopic (exact) mass is 489 g/mol. The normalized spacial score (nSPS) is 23.4. The van der Waals surface area contributed by atoms with Gasteiger partial charge in [-0.3, -0.25) is 9.59 Å². The molecule has 1 saturated heterocycles. The molecule has 2 fully saturated rings. The van der Waals surface area contributed by atoms with Crippen LogP contribution < -0.4 is 10.1 Å². The minimum absolute atomic E-state index is 0.0223. The van der Waals surface area contributed by atoms with Crippen LogP contribution in [-0.2, 0) is 4.79 Å². The lowest BCUT2D eigenvalue weighted by atomic mass is 9.87. The van der Waals surface area contributed by atoms with E-state index in [0.717, 1.165) is 37.5 Å². The molecule has 0 spiro atoms. The van der Waals surface area contributed by atoms with E-state index in [1.54, 1.807) is 25.3 Å². The third-order valence-electron chi connectivity index (χ3n) is 6.75. The van der Waals surface area contributed by atoms with E-state index in [2.05, 4.69) is 17.3 Å². The van der Waals surface area contributed by atoms with Crippen molar-refractivity contribution in [2.24, 2.45) is 5.92 Å². The fourth-order valence-electron chi connectivity index (χ4n) is 4.85. The van der Waals surface area contributed by atoms with Crippen LogP contribution in [0.1, 0.15) is 34.7 Å².